The zero-order valence-corrected chi connectivity index (χ0v) is 26.2. The van der Waals surface area contributed by atoms with E-state index in [2.05, 4.69) is 25.4 Å². The molecule has 0 aliphatic carbocycles. The number of alkyl halides is 3. The fourth-order valence-electron chi connectivity index (χ4n) is 5.30. The molecule has 0 saturated carbocycles. The molecule has 2 aromatic carbocycles. The van der Waals surface area contributed by atoms with Gasteiger partial charge in [0.15, 0.2) is 0 Å². The summed E-state index contributed by atoms with van der Waals surface area (Å²) >= 11 is 0. The predicted molar refractivity (Wildman–Crippen MR) is 170 cm³/mol. The Morgan fingerprint density at radius 2 is 1.69 bits per heavy atom. The number of aromatic nitrogens is 2. The summed E-state index contributed by atoms with van der Waals surface area (Å²) in [6.07, 6.45) is 0.321. The SMILES string of the molecule is CC.CCCc1ccc(C(=O)Nc2cc(CN3CCN(C)CC3)cc(C(F)(F)F)c2)cc1CNC(=O)c1cnc2ccccn12. The Bertz CT molecular complexity index is 1610. The lowest BCUT2D eigenvalue weighted by atomic mass is 9.99. The van der Waals surface area contributed by atoms with Crippen molar-refractivity contribution in [2.45, 2.75) is 52.9 Å². The van der Waals surface area contributed by atoms with E-state index in [4.69, 9.17) is 0 Å². The van der Waals surface area contributed by atoms with Crippen LogP contribution in [0.1, 0.15) is 70.3 Å². The third-order valence-corrected chi connectivity index (χ3v) is 7.66. The summed E-state index contributed by atoms with van der Waals surface area (Å²) < 4.78 is 43.0. The number of piperazine rings is 1. The molecule has 1 aliphatic rings. The zero-order valence-electron chi connectivity index (χ0n) is 26.2. The first-order chi connectivity index (χ1) is 21.6. The van der Waals surface area contributed by atoms with Crippen molar-refractivity contribution < 1.29 is 22.8 Å². The standard InChI is InChI=1S/C32H35F3N6O2.C2H6/c1-3-6-23-8-9-24(17-25(23)19-37-31(43)28-20-36-29-7-4-5-10-41(28)29)30(42)38-27-16-22(15-26(18-27)32(33,34)35)21-40-13-11-39(2)12-14-40;1-2/h4-5,7-10,15-18,20H,3,6,11-14,19,21H2,1-2H3,(H,37,43)(H,38,42);1-2H3. The number of pyridine rings is 1. The lowest BCUT2D eigenvalue weighted by Crippen LogP contribution is -2.43. The highest BCUT2D eigenvalue weighted by atomic mass is 19.4. The van der Waals surface area contributed by atoms with Crippen molar-refractivity contribution in [2.24, 2.45) is 0 Å². The Balaban J connectivity index is 0.00000226. The third-order valence-electron chi connectivity index (χ3n) is 7.66. The highest BCUT2D eigenvalue weighted by Gasteiger charge is 2.31. The monoisotopic (exact) mass is 622 g/mol. The number of carbonyl (C=O) groups is 2. The zero-order chi connectivity index (χ0) is 32.6. The molecule has 0 atom stereocenters. The van der Waals surface area contributed by atoms with Crippen molar-refractivity contribution in [1.82, 2.24) is 24.5 Å². The number of halogens is 3. The van der Waals surface area contributed by atoms with Crippen LogP contribution in [0.3, 0.4) is 0 Å². The summed E-state index contributed by atoms with van der Waals surface area (Å²) in [5, 5.41) is 5.59. The van der Waals surface area contributed by atoms with Crippen LogP contribution in [0.25, 0.3) is 5.65 Å². The highest BCUT2D eigenvalue weighted by Crippen LogP contribution is 2.32. The minimum atomic E-state index is -4.55. The molecule has 11 heteroatoms. The van der Waals surface area contributed by atoms with Gasteiger partial charge in [-0.2, -0.15) is 13.2 Å². The Labute approximate surface area is 262 Å². The van der Waals surface area contributed by atoms with E-state index in [9.17, 15) is 22.8 Å². The largest absolute Gasteiger partial charge is 0.416 e. The van der Waals surface area contributed by atoms with Gasteiger partial charge in [-0.1, -0.05) is 39.3 Å². The van der Waals surface area contributed by atoms with Crippen LogP contribution < -0.4 is 10.6 Å². The maximum atomic E-state index is 13.8. The van der Waals surface area contributed by atoms with Crippen LogP contribution in [0, 0.1) is 0 Å². The average molecular weight is 623 g/mol. The van der Waals surface area contributed by atoms with Gasteiger partial charge >= 0.3 is 6.18 Å². The molecule has 2 aromatic heterocycles. The Hall–Kier alpha value is -4.22. The number of imidazole rings is 1. The van der Waals surface area contributed by atoms with Gasteiger partial charge in [0.1, 0.15) is 11.3 Å². The van der Waals surface area contributed by atoms with Gasteiger partial charge in [-0.3, -0.25) is 18.9 Å². The first kappa shape index (κ1) is 33.7. The first-order valence-corrected chi connectivity index (χ1v) is 15.4. The van der Waals surface area contributed by atoms with Crippen molar-refractivity contribution in [3.05, 3.63) is 101 Å². The number of carbonyl (C=O) groups excluding carboxylic acids is 2. The summed E-state index contributed by atoms with van der Waals surface area (Å²) in [6, 6.07) is 14.4. The van der Waals surface area contributed by atoms with E-state index in [1.807, 2.05) is 46.0 Å². The van der Waals surface area contributed by atoms with Crippen molar-refractivity contribution in [2.75, 3.05) is 38.5 Å². The Morgan fingerprint density at radius 3 is 2.40 bits per heavy atom. The van der Waals surface area contributed by atoms with E-state index in [-0.39, 0.29) is 23.7 Å². The summed E-state index contributed by atoms with van der Waals surface area (Å²) in [5.41, 5.74) is 2.84. The molecule has 0 unspecified atom stereocenters. The Morgan fingerprint density at radius 1 is 0.933 bits per heavy atom. The number of fused-ring (bicyclic) bond motifs is 1. The molecule has 1 saturated heterocycles. The molecule has 0 radical (unpaired) electrons. The van der Waals surface area contributed by atoms with Crippen molar-refractivity contribution in [3.8, 4) is 0 Å². The smallest absolute Gasteiger partial charge is 0.347 e. The summed E-state index contributed by atoms with van der Waals surface area (Å²) in [6.45, 7) is 9.78. The molecule has 240 valence electrons. The van der Waals surface area contributed by atoms with E-state index < -0.39 is 17.6 Å². The van der Waals surface area contributed by atoms with E-state index in [1.54, 1.807) is 34.9 Å². The average Bonchev–Trinajstić information content (AvgIpc) is 3.46. The lowest BCUT2D eigenvalue weighted by molar-refractivity contribution is -0.137. The number of anilines is 1. The second-order valence-corrected chi connectivity index (χ2v) is 10.9. The molecule has 3 heterocycles. The lowest BCUT2D eigenvalue weighted by Gasteiger charge is -2.32. The molecule has 45 heavy (non-hydrogen) atoms. The number of nitrogens with zero attached hydrogens (tertiary/aromatic N) is 4. The van der Waals surface area contributed by atoms with E-state index in [1.165, 1.54) is 6.20 Å². The van der Waals surface area contributed by atoms with Crippen LogP contribution in [0.2, 0.25) is 0 Å². The van der Waals surface area contributed by atoms with Crippen molar-refractivity contribution >= 4 is 23.1 Å². The van der Waals surface area contributed by atoms with Gasteiger partial charge in [-0.05, 0) is 72.6 Å². The predicted octanol–water partition coefficient (Wildman–Crippen LogP) is 6.26. The number of rotatable bonds is 9. The van der Waals surface area contributed by atoms with Crippen molar-refractivity contribution in [1.29, 1.82) is 0 Å². The first-order valence-electron chi connectivity index (χ1n) is 15.4. The number of hydrogen-bond acceptors (Lipinski definition) is 5. The molecule has 8 nitrogen and oxygen atoms in total. The van der Waals surface area contributed by atoms with Gasteiger partial charge in [0.2, 0.25) is 0 Å². The van der Waals surface area contributed by atoms with Crippen LogP contribution in [0.5, 0.6) is 0 Å². The van der Waals surface area contributed by atoms with E-state index in [0.29, 0.717) is 23.4 Å². The number of amides is 2. The topological polar surface area (TPSA) is 82.0 Å². The van der Waals surface area contributed by atoms with Crippen LogP contribution in [0.4, 0.5) is 18.9 Å². The molecule has 0 spiro atoms. The van der Waals surface area contributed by atoms with E-state index >= 15 is 0 Å². The normalized spacial score (nSPS) is 14.1. The van der Waals surface area contributed by atoms with Gasteiger partial charge in [0.05, 0.1) is 11.8 Å². The number of hydrogen-bond donors (Lipinski definition) is 2. The summed E-state index contributed by atoms with van der Waals surface area (Å²) in [5.74, 6) is -0.838. The van der Waals surface area contributed by atoms with Crippen LogP contribution in [-0.4, -0.2) is 64.2 Å². The second kappa shape index (κ2) is 15.2. The van der Waals surface area contributed by atoms with Crippen LogP contribution in [-0.2, 0) is 25.7 Å². The Kier molecular flexibility index (Phi) is 11.4. The van der Waals surface area contributed by atoms with Gasteiger partial charge in [-0.15, -0.1) is 0 Å². The van der Waals surface area contributed by atoms with Gasteiger partial charge in [0.25, 0.3) is 11.8 Å². The van der Waals surface area contributed by atoms with Crippen molar-refractivity contribution in [3.63, 3.8) is 0 Å². The molecule has 5 rings (SSSR count). The minimum absolute atomic E-state index is 0.0871. The molecule has 1 fully saturated rings. The summed E-state index contributed by atoms with van der Waals surface area (Å²) in [7, 11) is 2.02. The third kappa shape index (κ3) is 8.70. The van der Waals surface area contributed by atoms with Gasteiger partial charge < -0.3 is 15.5 Å². The maximum Gasteiger partial charge on any atom is 0.416 e. The van der Waals surface area contributed by atoms with Gasteiger partial charge in [0, 0.05) is 56.7 Å². The molecule has 2 amide bonds. The summed E-state index contributed by atoms with van der Waals surface area (Å²) in [4.78, 5) is 34.8. The van der Waals surface area contributed by atoms with Crippen LogP contribution >= 0.6 is 0 Å². The molecule has 1 aliphatic heterocycles. The maximum absolute atomic E-state index is 13.8. The molecule has 4 aromatic rings. The molecular formula is C34H41F3N6O2. The highest BCUT2D eigenvalue weighted by molar-refractivity contribution is 6.04. The second-order valence-electron chi connectivity index (χ2n) is 10.9. The van der Waals surface area contributed by atoms with E-state index in [0.717, 1.165) is 62.3 Å². The molecule has 0 bridgehead atoms. The minimum Gasteiger partial charge on any atom is -0.347 e. The fraction of sp³-hybridized carbons (Fsp3) is 0.382. The fourth-order valence-corrected chi connectivity index (χ4v) is 5.30. The van der Waals surface area contributed by atoms with Gasteiger partial charge in [-0.25, -0.2) is 4.98 Å². The molecular weight excluding hydrogens is 581 g/mol. The van der Waals surface area contributed by atoms with Crippen LogP contribution in [0.15, 0.2) is 67.0 Å². The number of aryl methyl sites for hydroxylation is 1. The quantitative estimate of drug-likeness (QED) is 0.230. The number of likely N-dealkylation sites (N-methyl/N-ethyl adjacent to an activating group) is 1. The number of nitrogens with one attached hydrogen (secondary N) is 2. The number of benzene rings is 2. The molecule has 2 N–H and O–H groups in total.